The van der Waals surface area contributed by atoms with Gasteiger partial charge in [0.25, 0.3) is 10.0 Å². The van der Waals surface area contributed by atoms with Gasteiger partial charge in [0.15, 0.2) is 0 Å². The molecule has 0 unspecified atom stereocenters. The van der Waals surface area contributed by atoms with Crippen molar-refractivity contribution in [3.05, 3.63) is 43.9 Å². The van der Waals surface area contributed by atoms with Crippen LogP contribution in [0.2, 0.25) is 0 Å². The van der Waals surface area contributed by atoms with Gasteiger partial charge in [0.1, 0.15) is 10.7 Å². The zero-order valence-corrected chi connectivity index (χ0v) is 16.3. The number of aromatic nitrogens is 1. The van der Waals surface area contributed by atoms with E-state index in [1.54, 1.807) is 25.2 Å². The number of benzene rings is 1. The molecule has 2 N–H and O–H groups in total. The van der Waals surface area contributed by atoms with E-state index >= 15 is 0 Å². The zero-order chi connectivity index (χ0) is 15.6. The molecule has 9 heteroatoms. The van der Waals surface area contributed by atoms with Crippen LogP contribution in [-0.4, -0.2) is 20.4 Å². The molecule has 0 amide bonds. The average Bonchev–Trinajstić information content (AvgIpc) is 2.43. The predicted molar refractivity (Wildman–Crippen MR) is 94.1 cm³/mol. The van der Waals surface area contributed by atoms with Crippen molar-refractivity contribution in [2.24, 2.45) is 0 Å². The molecular weight excluding hydrogens is 490 g/mol. The maximum Gasteiger partial charge on any atom is 0.265 e. The van der Waals surface area contributed by atoms with Crippen molar-refractivity contribution in [2.75, 3.05) is 17.1 Å². The second-order valence-corrected chi connectivity index (χ2v) is 8.23. The van der Waals surface area contributed by atoms with Gasteiger partial charge in [-0.05, 0) is 66.0 Å². The third-order valence-electron chi connectivity index (χ3n) is 2.54. The summed E-state index contributed by atoms with van der Waals surface area (Å²) in [5.74, 6) is 0.272. The molecule has 0 saturated heterocycles. The molecular formula is C12H10Br3N3O2S. The van der Waals surface area contributed by atoms with E-state index in [2.05, 4.69) is 62.8 Å². The number of pyridine rings is 1. The Kier molecular flexibility index (Phi) is 5.29. The number of rotatable bonds is 4. The lowest BCUT2D eigenvalue weighted by atomic mass is 10.3. The van der Waals surface area contributed by atoms with Crippen LogP contribution in [0.5, 0.6) is 0 Å². The van der Waals surface area contributed by atoms with Gasteiger partial charge in [-0.1, -0.05) is 6.07 Å². The Morgan fingerprint density at radius 1 is 1.14 bits per heavy atom. The summed E-state index contributed by atoms with van der Waals surface area (Å²) in [5, 5.41) is 2.77. The highest BCUT2D eigenvalue weighted by Crippen LogP contribution is 2.33. The van der Waals surface area contributed by atoms with Gasteiger partial charge in [-0.15, -0.1) is 0 Å². The van der Waals surface area contributed by atoms with E-state index in [-0.39, 0.29) is 10.7 Å². The Balaban J connectivity index is 2.51. The van der Waals surface area contributed by atoms with E-state index in [9.17, 15) is 8.42 Å². The first-order chi connectivity index (χ1) is 9.85. The molecule has 0 radical (unpaired) electrons. The van der Waals surface area contributed by atoms with Crippen LogP contribution in [0.25, 0.3) is 0 Å². The highest BCUT2D eigenvalue weighted by Gasteiger charge is 2.22. The average molecular weight is 500 g/mol. The molecule has 112 valence electrons. The SMILES string of the molecule is CNc1ncc(Br)cc1S(=O)(=O)Nc1c(Br)cccc1Br. The molecule has 0 aliphatic carbocycles. The maximum atomic E-state index is 12.6. The van der Waals surface area contributed by atoms with Crippen molar-refractivity contribution in [2.45, 2.75) is 4.90 Å². The highest BCUT2D eigenvalue weighted by molar-refractivity contribution is 9.11. The minimum atomic E-state index is -3.79. The fourth-order valence-electron chi connectivity index (χ4n) is 1.60. The first kappa shape index (κ1) is 16.7. The topological polar surface area (TPSA) is 71.1 Å². The Bertz CT molecular complexity index is 761. The normalized spacial score (nSPS) is 11.2. The Morgan fingerprint density at radius 2 is 1.76 bits per heavy atom. The summed E-state index contributed by atoms with van der Waals surface area (Å²) in [4.78, 5) is 4.11. The minimum absolute atomic E-state index is 0.0574. The van der Waals surface area contributed by atoms with Gasteiger partial charge in [-0.3, -0.25) is 4.72 Å². The van der Waals surface area contributed by atoms with Crippen LogP contribution in [0.3, 0.4) is 0 Å². The summed E-state index contributed by atoms with van der Waals surface area (Å²) in [6.45, 7) is 0. The lowest BCUT2D eigenvalue weighted by molar-refractivity contribution is 0.601. The van der Waals surface area contributed by atoms with Crippen molar-refractivity contribution in [3.63, 3.8) is 0 Å². The zero-order valence-electron chi connectivity index (χ0n) is 10.7. The lowest BCUT2D eigenvalue weighted by Crippen LogP contribution is -2.16. The maximum absolute atomic E-state index is 12.6. The van der Waals surface area contributed by atoms with Crippen molar-refractivity contribution in [3.8, 4) is 0 Å². The van der Waals surface area contributed by atoms with Gasteiger partial charge in [0.2, 0.25) is 0 Å². The van der Waals surface area contributed by atoms with Gasteiger partial charge in [0, 0.05) is 26.7 Å². The molecule has 1 aromatic heterocycles. The molecule has 1 aromatic carbocycles. The van der Waals surface area contributed by atoms with Crippen molar-refractivity contribution in [1.82, 2.24) is 4.98 Å². The van der Waals surface area contributed by atoms with E-state index in [1.807, 2.05) is 0 Å². The molecule has 0 fully saturated rings. The number of hydrogen-bond donors (Lipinski definition) is 2. The molecule has 2 rings (SSSR count). The van der Waals surface area contributed by atoms with Crippen molar-refractivity contribution in [1.29, 1.82) is 0 Å². The minimum Gasteiger partial charge on any atom is -0.372 e. The molecule has 21 heavy (non-hydrogen) atoms. The van der Waals surface area contributed by atoms with Gasteiger partial charge in [0.05, 0.1) is 5.69 Å². The third kappa shape index (κ3) is 3.77. The summed E-state index contributed by atoms with van der Waals surface area (Å²) >= 11 is 9.88. The number of anilines is 2. The lowest BCUT2D eigenvalue weighted by Gasteiger charge is -2.14. The molecule has 0 atom stereocenters. The number of sulfonamides is 1. The second kappa shape index (κ2) is 6.64. The summed E-state index contributed by atoms with van der Waals surface area (Å²) in [7, 11) is -2.17. The van der Waals surface area contributed by atoms with E-state index in [1.165, 1.54) is 12.3 Å². The van der Waals surface area contributed by atoms with E-state index in [4.69, 9.17) is 0 Å². The van der Waals surface area contributed by atoms with Crippen LogP contribution in [0.1, 0.15) is 0 Å². The van der Waals surface area contributed by atoms with Gasteiger partial charge >= 0.3 is 0 Å². The number of hydrogen-bond acceptors (Lipinski definition) is 4. The summed E-state index contributed by atoms with van der Waals surface area (Å²) in [6.07, 6.45) is 1.53. The molecule has 0 aliphatic heterocycles. The number of nitrogens with zero attached hydrogens (tertiary/aromatic N) is 1. The largest absolute Gasteiger partial charge is 0.372 e. The smallest absolute Gasteiger partial charge is 0.265 e. The van der Waals surface area contributed by atoms with E-state index < -0.39 is 10.0 Å². The fourth-order valence-corrected chi connectivity index (χ4v) is 4.83. The molecule has 1 heterocycles. The monoisotopic (exact) mass is 497 g/mol. The van der Waals surface area contributed by atoms with Crippen LogP contribution < -0.4 is 10.0 Å². The van der Waals surface area contributed by atoms with Gasteiger partial charge < -0.3 is 5.32 Å². The molecule has 5 nitrogen and oxygen atoms in total. The van der Waals surface area contributed by atoms with Crippen molar-refractivity contribution >= 4 is 69.3 Å². The van der Waals surface area contributed by atoms with Gasteiger partial charge in [-0.25, -0.2) is 13.4 Å². The Labute approximate surface area is 148 Å². The summed E-state index contributed by atoms with van der Waals surface area (Å²) in [5.41, 5.74) is 0.430. The summed E-state index contributed by atoms with van der Waals surface area (Å²) < 4.78 is 29.6. The molecule has 0 bridgehead atoms. The number of nitrogens with one attached hydrogen (secondary N) is 2. The standard InChI is InChI=1S/C12H10Br3N3O2S/c1-16-12-10(5-7(13)6-17-12)21(19,20)18-11-8(14)3-2-4-9(11)15/h2-6,18H,1H3,(H,16,17). The Morgan fingerprint density at radius 3 is 2.33 bits per heavy atom. The fraction of sp³-hybridized carbons (Fsp3) is 0.0833. The first-order valence-electron chi connectivity index (χ1n) is 5.65. The second-order valence-electron chi connectivity index (χ2n) is 3.95. The van der Waals surface area contributed by atoms with Crippen molar-refractivity contribution < 1.29 is 8.42 Å². The molecule has 0 aliphatic rings. The number of halogens is 3. The summed E-state index contributed by atoms with van der Waals surface area (Å²) in [6, 6.07) is 6.79. The molecule has 0 spiro atoms. The van der Waals surface area contributed by atoms with Crippen LogP contribution in [0, 0.1) is 0 Å². The molecule has 0 saturated carbocycles. The van der Waals surface area contributed by atoms with Crippen LogP contribution in [0.15, 0.2) is 48.8 Å². The van der Waals surface area contributed by atoms with Gasteiger partial charge in [-0.2, -0.15) is 0 Å². The first-order valence-corrected chi connectivity index (χ1v) is 9.51. The quantitative estimate of drug-likeness (QED) is 0.661. The highest BCUT2D eigenvalue weighted by atomic mass is 79.9. The van der Waals surface area contributed by atoms with Crippen LogP contribution in [0.4, 0.5) is 11.5 Å². The van der Waals surface area contributed by atoms with E-state index in [0.29, 0.717) is 19.1 Å². The number of para-hydroxylation sites is 1. The van der Waals surface area contributed by atoms with E-state index in [0.717, 1.165) is 0 Å². The van der Waals surface area contributed by atoms with Crippen LogP contribution in [-0.2, 0) is 10.0 Å². The Hall–Kier alpha value is -0.640. The third-order valence-corrected chi connectivity index (χ3v) is 5.66. The van der Waals surface area contributed by atoms with Crippen LogP contribution >= 0.6 is 47.8 Å². The predicted octanol–water partition coefficient (Wildman–Crippen LogP) is 4.21. The molecule has 2 aromatic rings.